The summed E-state index contributed by atoms with van der Waals surface area (Å²) in [5, 5.41) is 13.3. The number of pyridine rings is 1. The summed E-state index contributed by atoms with van der Waals surface area (Å²) in [6.45, 7) is 1.79. The molecule has 4 heterocycles. The number of carboxylic acid groups (broad SMARTS) is 1. The molecule has 0 unspecified atom stereocenters. The number of aliphatic carboxylic acids is 1. The first-order valence-electron chi connectivity index (χ1n) is 8.85. The van der Waals surface area contributed by atoms with Gasteiger partial charge in [0, 0.05) is 32.8 Å². The highest BCUT2D eigenvalue weighted by Crippen LogP contribution is 2.18. The van der Waals surface area contributed by atoms with Crippen LogP contribution in [0.1, 0.15) is 34.6 Å². The van der Waals surface area contributed by atoms with E-state index in [0.717, 1.165) is 23.5 Å². The normalized spacial score (nSPS) is 14.2. The summed E-state index contributed by atoms with van der Waals surface area (Å²) in [5.41, 5.74) is 3.62. The van der Waals surface area contributed by atoms with Gasteiger partial charge in [-0.25, -0.2) is 9.97 Å². The lowest BCUT2D eigenvalue weighted by atomic mass is 10.2. The number of hydrogen-bond acceptors (Lipinski definition) is 5. The highest BCUT2D eigenvalue weighted by molar-refractivity contribution is 5.96. The molecule has 0 spiro atoms. The molecule has 1 aliphatic rings. The lowest BCUT2D eigenvalue weighted by Crippen LogP contribution is -2.30. The second kappa shape index (κ2) is 6.82. The van der Waals surface area contributed by atoms with E-state index in [-0.39, 0.29) is 12.3 Å². The van der Waals surface area contributed by atoms with E-state index < -0.39 is 5.97 Å². The molecular weight excluding hydrogens is 348 g/mol. The number of carboxylic acids is 1. The van der Waals surface area contributed by atoms with Gasteiger partial charge in [-0.3, -0.25) is 14.3 Å². The zero-order chi connectivity index (χ0) is 19.0. The molecule has 0 fully saturated rings. The summed E-state index contributed by atoms with van der Waals surface area (Å²) in [6, 6.07) is 3.67. The fourth-order valence-electron chi connectivity index (χ4n) is 3.37. The van der Waals surface area contributed by atoms with Gasteiger partial charge in [0.1, 0.15) is 5.52 Å². The predicted molar refractivity (Wildman–Crippen MR) is 96.1 cm³/mol. The maximum absolute atomic E-state index is 13.0. The number of aromatic nitrogens is 5. The molecule has 0 saturated carbocycles. The van der Waals surface area contributed by atoms with Crippen molar-refractivity contribution in [1.82, 2.24) is 29.2 Å². The topological polar surface area (TPSA) is 106 Å². The Morgan fingerprint density at radius 3 is 2.89 bits per heavy atom. The molecule has 9 nitrogen and oxygen atoms in total. The number of rotatable bonds is 4. The van der Waals surface area contributed by atoms with Gasteiger partial charge in [0.2, 0.25) is 0 Å². The Kier molecular flexibility index (Phi) is 4.35. The largest absolute Gasteiger partial charge is 0.481 e. The number of aryl methyl sites for hydroxylation is 3. The third-order valence-corrected chi connectivity index (χ3v) is 4.75. The van der Waals surface area contributed by atoms with E-state index in [4.69, 9.17) is 5.11 Å². The Balaban J connectivity index is 1.54. The van der Waals surface area contributed by atoms with E-state index in [1.807, 2.05) is 22.4 Å². The minimum atomic E-state index is -0.840. The maximum Gasteiger partial charge on any atom is 0.303 e. The second-order valence-corrected chi connectivity index (χ2v) is 6.75. The summed E-state index contributed by atoms with van der Waals surface area (Å²) in [6.07, 6.45) is 4.50. The molecule has 140 valence electrons. The first-order valence-corrected chi connectivity index (χ1v) is 8.85. The van der Waals surface area contributed by atoms with Crippen LogP contribution >= 0.6 is 0 Å². The standard InChI is InChI=1S/C18H20N6O3/c1-22-11-20-15-7-12(9-19-17(15)22)18(27)23-5-2-6-24-14(10-23)8-13(21-24)3-4-16(25)26/h7-9,11H,2-6,10H2,1H3,(H,25,26). The summed E-state index contributed by atoms with van der Waals surface area (Å²) < 4.78 is 3.69. The quantitative estimate of drug-likeness (QED) is 0.742. The summed E-state index contributed by atoms with van der Waals surface area (Å²) in [5.74, 6) is -0.927. The third-order valence-electron chi connectivity index (χ3n) is 4.75. The monoisotopic (exact) mass is 368 g/mol. The molecule has 4 rings (SSSR count). The van der Waals surface area contributed by atoms with E-state index in [9.17, 15) is 9.59 Å². The fourth-order valence-corrected chi connectivity index (χ4v) is 3.37. The number of imidazole rings is 1. The van der Waals surface area contributed by atoms with Crippen molar-refractivity contribution in [3.8, 4) is 0 Å². The molecule has 1 N–H and O–H groups in total. The smallest absolute Gasteiger partial charge is 0.303 e. The molecule has 3 aromatic heterocycles. The predicted octanol–water partition coefficient (Wildman–Crippen LogP) is 1.23. The Hall–Kier alpha value is -3.23. The van der Waals surface area contributed by atoms with Crippen molar-refractivity contribution in [3.63, 3.8) is 0 Å². The lowest BCUT2D eigenvalue weighted by Gasteiger charge is -2.19. The van der Waals surface area contributed by atoms with Crippen LogP contribution in [0, 0.1) is 0 Å². The molecular formula is C18H20N6O3. The van der Waals surface area contributed by atoms with Crippen LogP contribution in [0.15, 0.2) is 24.7 Å². The van der Waals surface area contributed by atoms with Gasteiger partial charge >= 0.3 is 5.97 Å². The third kappa shape index (κ3) is 3.40. The van der Waals surface area contributed by atoms with E-state index >= 15 is 0 Å². The van der Waals surface area contributed by atoms with Gasteiger partial charge in [0.15, 0.2) is 5.65 Å². The SMILES string of the molecule is Cn1cnc2cc(C(=O)N3CCCn4nc(CCC(=O)O)cc4C3)cnc21. The molecule has 1 amide bonds. The van der Waals surface area contributed by atoms with E-state index in [2.05, 4.69) is 15.1 Å². The van der Waals surface area contributed by atoms with Gasteiger partial charge < -0.3 is 14.6 Å². The number of nitrogens with zero attached hydrogens (tertiary/aromatic N) is 6. The molecule has 0 saturated heterocycles. The Morgan fingerprint density at radius 1 is 1.22 bits per heavy atom. The number of carbonyl (C=O) groups excluding carboxylic acids is 1. The van der Waals surface area contributed by atoms with Gasteiger partial charge in [-0.2, -0.15) is 5.10 Å². The molecule has 3 aromatic rings. The molecule has 9 heteroatoms. The molecule has 0 atom stereocenters. The molecule has 0 bridgehead atoms. The summed E-state index contributed by atoms with van der Waals surface area (Å²) >= 11 is 0. The average Bonchev–Trinajstić information content (AvgIpc) is 3.15. The summed E-state index contributed by atoms with van der Waals surface area (Å²) in [4.78, 5) is 34.1. The van der Waals surface area contributed by atoms with Crippen LogP contribution in [0.5, 0.6) is 0 Å². The second-order valence-electron chi connectivity index (χ2n) is 6.75. The number of amides is 1. The fraction of sp³-hybridized carbons (Fsp3) is 0.389. The molecule has 27 heavy (non-hydrogen) atoms. The zero-order valence-electron chi connectivity index (χ0n) is 15.0. The number of hydrogen-bond donors (Lipinski definition) is 1. The van der Waals surface area contributed by atoms with Crippen LogP contribution in [0.25, 0.3) is 11.2 Å². The van der Waals surface area contributed by atoms with Crippen molar-refractivity contribution >= 4 is 23.0 Å². The highest BCUT2D eigenvalue weighted by Gasteiger charge is 2.22. The van der Waals surface area contributed by atoms with E-state index in [1.54, 1.807) is 23.5 Å². The molecule has 0 radical (unpaired) electrons. The van der Waals surface area contributed by atoms with Crippen LogP contribution in [-0.2, 0) is 31.4 Å². The van der Waals surface area contributed by atoms with Gasteiger partial charge in [-0.1, -0.05) is 0 Å². The van der Waals surface area contributed by atoms with E-state index in [0.29, 0.717) is 37.1 Å². The van der Waals surface area contributed by atoms with Gasteiger partial charge in [-0.15, -0.1) is 0 Å². The first kappa shape index (κ1) is 17.2. The van der Waals surface area contributed by atoms with Gasteiger partial charge in [-0.05, 0) is 18.6 Å². The van der Waals surface area contributed by atoms with Crippen LogP contribution in [0.3, 0.4) is 0 Å². The van der Waals surface area contributed by atoms with Gasteiger partial charge in [0.05, 0.1) is 36.2 Å². The van der Waals surface area contributed by atoms with Crippen LogP contribution in [0.4, 0.5) is 0 Å². The van der Waals surface area contributed by atoms with Crippen molar-refractivity contribution < 1.29 is 14.7 Å². The summed E-state index contributed by atoms with van der Waals surface area (Å²) in [7, 11) is 1.86. The minimum absolute atomic E-state index is 0.0505. The highest BCUT2D eigenvalue weighted by atomic mass is 16.4. The van der Waals surface area contributed by atoms with Crippen molar-refractivity contribution in [2.24, 2.45) is 7.05 Å². The molecule has 0 aromatic carbocycles. The Labute approximate surface area is 155 Å². The Bertz CT molecular complexity index is 1020. The van der Waals surface area contributed by atoms with Crippen molar-refractivity contribution in [1.29, 1.82) is 0 Å². The Morgan fingerprint density at radius 2 is 2.07 bits per heavy atom. The van der Waals surface area contributed by atoms with Crippen molar-refractivity contribution in [3.05, 3.63) is 41.6 Å². The van der Waals surface area contributed by atoms with Crippen molar-refractivity contribution in [2.75, 3.05) is 6.54 Å². The van der Waals surface area contributed by atoms with Crippen molar-refractivity contribution in [2.45, 2.75) is 32.4 Å². The van der Waals surface area contributed by atoms with E-state index in [1.165, 1.54) is 0 Å². The lowest BCUT2D eigenvalue weighted by molar-refractivity contribution is -0.136. The number of carbonyl (C=O) groups is 2. The maximum atomic E-state index is 13.0. The molecule has 0 aliphatic carbocycles. The average molecular weight is 368 g/mol. The zero-order valence-corrected chi connectivity index (χ0v) is 15.0. The van der Waals surface area contributed by atoms with Crippen LogP contribution < -0.4 is 0 Å². The van der Waals surface area contributed by atoms with Crippen LogP contribution in [-0.4, -0.2) is 52.7 Å². The van der Waals surface area contributed by atoms with Gasteiger partial charge in [0.25, 0.3) is 5.91 Å². The minimum Gasteiger partial charge on any atom is -0.481 e. The van der Waals surface area contributed by atoms with Crippen LogP contribution in [0.2, 0.25) is 0 Å². The number of fused-ring (bicyclic) bond motifs is 2. The molecule has 1 aliphatic heterocycles. The first-order chi connectivity index (χ1) is 13.0.